The molecule has 0 spiro atoms. The van der Waals surface area contributed by atoms with Crippen LogP contribution in [0.5, 0.6) is 0 Å². The number of hydrogen-bond donors (Lipinski definition) is 0. The van der Waals surface area contributed by atoms with Crippen LogP contribution in [0.3, 0.4) is 0 Å². The van der Waals surface area contributed by atoms with Crippen molar-refractivity contribution in [3.05, 3.63) is 34.0 Å². The van der Waals surface area contributed by atoms with E-state index in [0.717, 1.165) is 29.9 Å². The fourth-order valence-corrected chi connectivity index (χ4v) is 2.58. The van der Waals surface area contributed by atoms with Gasteiger partial charge < -0.3 is 0 Å². The molecule has 1 aromatic rings. The molecule has 2 heteroatoms. The molecule has 0 saturated carbocycles. The Morgan fingerprint density at radius 3 is 3.07 bits per heavy atom. The van der Waals surface area contributed by atoms with Crippen LogP contribution >= 0.6 is 11.3 Å². The Morgan fingerprint density at radius 2 is 2.47 bits per heavy atom. The first-order valence-corrected chi connectivity index (χ1v) is 6.43. The summed E-state index contributed by atoms with van der Waals surface area (Å²) < 4.78 is 0. The Bertz CT molecular complexity index is 362. The van der Waals surface area contributed by atoms with E-state index in [0.29, 0.717) is 12.2 Å². The van der Waals surface area contributed by atoms with Crippen molar-refractivity contribution in [1.82, 2.24) is 0 Å². The van der Waals surface area contributed by atoms with Crippen molar-refractivity contribution in [2.24, 2.45) is 5.92 Å². The second-order valence-corrected chi connectivity index (χ2v) is 5.12. The topological polar surface area (TPSA) is 17.1 Å². The summed E-state index contributed by atoms with van der Waals surface area (Å²) in [6.45, 7) is 2.25. The molecule has 0 aromatic carbocycles. The lowest BCUT2D eigenvalue weighted by atomic mass is 9.88. The zero-order valence-corrected chi connectivity index (χ0v) is 9.85. The van der Waals surface area contributed by atoms with E-state index < -0.39 is 0 Å². The maximum absolute atomic E-state index is 11.9. The number of allylic oxidation sites excluding steroid dienone is 2. The Hall–Kier alpha value is -0.890. The van der Waals surface area contributed by atoms with Crippen LogP contribution in [0.2, 0.25) is 0 Å². The van der Waals surface area contributed by atoms with Gasteiger partial charge in [0.1, 0.15) is 0 Å². The highest BCUT2D eigenvalue weighted by atomic mass is 32.1. The average Bonchev–Trinajstić information content (AvgIpc) is 2.71. The van der Waals surface area contributed by atoms with E-state index in [9.17, 15) is 4.79 Å². The van der Waals surface area contributed by atoms with Crippen LogP contribution in [0.25, 0.3) is 0 Å². The summed E-state index contributed by atoms with van der Waals surface area (Å²) in [4.78, 5) is 11.9. The monoisotopic (exact) mass is 220 g/mol. The van der Waals surface area contributed by atoms with Crippen LogP contribution in [0.1, 0.15) is 31.7 Å². The molecule has 0 amide bonds. The van der Waals surface area contributed by atoms with Gasteiger partial charge in [0.05, 0.1) is 0 Å². The minimum Gasteiger partial charge on any atom is -0.294 e. The van der Waals surface area contributed by atoms with E-state index in [-0.39, 0.29) is 0 Å². The van der Waals surface area contributed by atoms with Crippen LogP contribution in [0.15, 0.2) is 28.5 Å². The first-order valence-electron chi connectivity index (χ1n) is 5.49. The predicted molar refractivity (Wildman–Crippen MR) is 64.1 cm³/mol. The third kappa shape index (κ3) is 2.78. The quantitative estimate of drug-likeness (QED) is 0.760. The van der Waals surface area contributed by atoms with Gasteiger partial charge >= 0.3 is 0 Å². The summed E-state index contributed by atoms with van der Waals surface area (Å²) in [7, 11) is 0. The van der Waals surface area contributed by atoms with Gasteiger partial charge in [0.25, 0.3) is 0 Å². The smallest absolute Gasteiger partial charge is 0.162 e. The van der Waals surface area contributed by atoms with Crippen LogP contribution in [-0.2, 0) is 11.2 Å². The third-order valence-electron chi connectivity index (χ3n) is 2.98. The molecule has 1 aliphatic carbocycles. The Labute approximate surface area is 94.8 Å². The highest BCUT2D eigenvalue weighted by Gasteiger charge is 2.16. The lowest BCUT2D eigenvalue weighted by molar-refractivity contribution is -0.115. The highest BCUT2D eigenvalue weighted by Crippen LogP contribution is 2.24. The van der Waals surface area contributed by atoms with Crippen molar-refractivity contribution < 1.29 is 4.79 Å². The number of ketones is 1. The molecule has 1 aromatic heterocycles. The van der Waals surface area contributed by atoms with E-state index in [1.807, 2.05) is 11.4 Å². The summed E-state index contributed by atoms with van der Waals surface area (Å²) in [6, 6.07) is 2.04. The molecule has 0 N–H and O–H groups in total. The standard InChI is InChI=1S/C13H16OS/c1-10-2-4-12(5-3-10)13(14)8-11-6-7-15-9-11/h4,6-7,9-10H,2-3,5,8H2,1H3. The molecule has 0 bridgehead atoms. The normalized spacial score (nSPS) is 21.1. The molecule has 1 aliphatic rings. The molecule has 80 valence electrons. The molecule has 1 heterocycles. The summed E-state index contributed by atoms with van der Waals surface area (Å²) in [5, 5.41) is 4.09. The van der Waals surface area contributed by atoms with Crippen LogP contribution in [0.4, 0.5) is 0 Å². The predicted octanol–water partition coefficient (Wildman–Crippen LogP) is 3.61. The summed E-state index contributed by atoms with van der Waals surface area (Å²) >= 11 is 1.66. The van der Waals surface area contributed by atoms with E-state index in [2.05, 4.69) is 18.4 Å². The molecule has 0 radical (unpaired) electrons. The van der Waals surface area contributed by atoms with E-state index in [4.69, 9.17) is 0 Å². The van der Waals surface area contributed by atoms with Crippen LogP contribution in [0, 0.1) is 5.92 Å². The highest BCUT2D eigenvalue weighted by molar-refractivity contribution is 7.08. The summed E-state index contributed by atoms with van der Waals surface area (Å²) in [5.74, 6) is 1.07. The van der Waals surface area contributed by atoms with Crippen molar-refractivity contribution in [3.63, 3.8) is 0 Å². The largest absolute Gasteiger partial charge is 0.294 e. The Kier molecular flexibility index (Phi) is 3.37. The average molecular weight is 220 g/mol. The zero-order chi connectivity index (χ0) is 10.7. The maximum atomic E-state index is 11.9. The molecule has 0 aliphatic heterocycles. The Morgan fingerprint density at radius 1 is 1.60 bits per heavy atom. The molecule has 1 unspecified atom stereocenters. The summed E-state index contributed by atoms with van der Waals surface area (Å²) in [6.07, 6.45) is 5.95. The molecule has 0 saturated heterocycles. The zero-order valence-electron chi connectivity index (χ0n) is 9.03. The van der Waals surface area contributed by atoms with Crippen LogP contribution < -0.4 is 0 Å². The lowest BCUT2D eigenvalue weighted by Crippen LogP contribution is -2.11. The molecule has 1 nitrogen and oxygen atoms in total. The number of hydrogen-bond acceptors (Lipinski definition) is 2. The molecular formula is C13H16OS. The third-order valence-corrected chi connectivity index (χ3v) is 3.71. The van der Waals surface area contributed by atoms with Gasteiger partial charge in [-0.3, -0.25) is 4.79 Å². The fourth-order valence-electron chi connectivity index (χ4n) is 1.91. The molecule has 1 atom stereocenters. The van der Waals surface area contributed by atoms with Crippen molar-refractivity contribution in [2.75, 3.05) is 0 Å². The van der Waals surface area contributed by atoms with Crippen LogP contribution in [-0.4, -0.2) is 5.78 Å². The van der Waals surface area contributed by atoms with Gasteiger partial charge in [-0.05, 0) is 53.1 Å². The maximum Gasteiger partial charge on any atom is 0.162 e. The second-order valence-electron chi connectivity index (χ2n) is 4.34. The van der Waals surface area contributed by atoms with E-state index in [1.165, 1.54) is 6.42 Å². The van der Waals surface area contributed by atoms with Gasteiger partial charge in [-0.15, -0.1) is 0 Å². The van der Waals surface area contributed by atoms with Gasteiger partial charge in [0.2, 0.25) is 0 Å². The lowest BCUT2D eigenvalue weighted by Gasteiger charge is -2.17. The van der Waals surface area contributed by atoms with Crippen molar-refractivity contribution >= 4 is 17.1 Å². The number of thiophene rings is 1. The molecule has 2 rings (SSSR count). The molecule has 15 heavy (non-hydrogen) atoms. The minimum absolute atomic E-state index is 0.320. The van der Waals surface area contributed by atoms with Crippen molar-refractivity contribution in [1.29, 1.82) is 0 Å². The first kappa shape index (κ1) is 10.6. The van der Waals surface area contributed by atoms with Gasteiger partial charge in [-0.25, -0.2) is 0 Å². The molecule has 0 fully saturated rings. The minimum atomic E-state index is 0.320. The summed E-state index contributed by atoms with van der Waals surface area (Å²) in [5.41, 5.74) is 2.21. The SMILES string of the molecule is CC1CC=C(C(=O)Cc2ccsc2)CC1. The number of carbonyl (C=O) groups is 1. The number of rotatable bonds is 3. The first-order chi connectivity index (χ1) is 7.25. The van der Waals surface area contributed by atoms with E-state index >= 15 is 0 Å². The number of carbonyl (C=O) groups excluding carboxylic acids is 1. The van der Waals surface area contributed by atoms with Crippen molar-refractivity contribution in [2.45, 2.75) is 32.6 Å². The van der Waals surface area contributed by atoms with Gasteiger partial charge in [0.15, 0.2) is 5.78 Å². The van der Waals surface area contributed by atoms with Crippen molar-refractivity contribution in [3.8, 4) is 0 Å². The van der Waals surface area contributed by atoms with Gasteiger partial charge in [-0.2, -0.15) is 11.3 Å². The number of Topliss-reactive ketones (excluding diaryl/α,β-unsaturated/α-hetero) is 1. The fraction of sp³-hybridized carbons (Fsp3) is 0.462. The molecular weight excluding hydrogens is 204 g/mol. The van der Waals surface area contributed by atoms with Gasteiger partial charge in [-0.1, -0.05) is 13.0 Å². The second kappa shape index (κ2) is 4.75. The van der Waals surface area contributed by atoms with Gasteiger partial charge in [0, 0.05) is 6.42 Å². The Balaban J connectivity index is 1.97. The van der Waals surface area contributed by atoms with E-state index in [1.54, 1.807) is 11.3 Å².